The van der Waals surface area contributed by atoms with Crippen molar-refractivity contribution >= 4 is 45.0 Å². The molecule has 4 nitrogen and oxygen atoms in total. The number of nitrogens with zero attached hydrogens (tertiary/aromatic N) is 1. The molecule has 1 aromatic carbocycles. The standard InChI is InChI=1S/C13H10BrN3OS/c14-10-6-2-1-5-9(10)12(18)17-13(19)16-11-7-3-4-8-15-11/h1-8H,(H2,15,16,17,18,19). The van der Waals surface area contributed by atoms with Crippen molar-refractivity contribution in [2.45, 2.75) is 0 Å². The summed E-state index contributed by atoms with van der Waals surface area (Å²) in [5.41, 5.74) is 0.521. The Morgan fingerprint density at radius 1 is 1.16 bits per heavy atom. The number of rotatable bonds is 2. The number of pyridine rings is 1. The number of aromatic nitrogens is 1. The van der Waals surface area contributed by atoms with Crippen molar-refractivity contribution < 1.29 is 4.79 Å². The molecule has 6 heteroatoms. The minimum Gasteiger partial charge on any atom is -0.317 e. The predicted octanol–water partition coefficient (Wildman–Crippen LogP) is 2.97. The largest absolute Gasteiger partial charge is 0.317 e. The number of anilines is 1. The lowest BCUT2D eigenvalue weighted by Crippen LogP contribution is -2.34. The van der Waals surface area contributed by atoms with Gasteiger partial charge in [-0.2, -0.15) is 0 Å². The number of thiocarbonyl (C=S) groups is 1. The van der Waals surface area contributed by atoms with E-state index >= 15 is 0 Å². The minimum atomic E-state index is -0.277. The topological polar surface area (TPSA) is 54.0 Å². The fourth-order valence-corrected chi connectivity index (χ4v) is 2.06. The van der Waals surface area contributed by atoms with Crippen LogP contribution < -0.4 is 10.6 Å². The van der Waals surface area contributed by atoms with Gasteiger partial charge < -0.3 is 5.32 Å². The highest BCUT2D eigenvalue weighted by molar-refractivity contribution is 9.10. The fraction of sp³-hybridized carbons (Fsp3) is 0. The molecule has 2 N–H and O–H groups in total. The van der Waals surface area contributed by atoms with E-state index in [2.05, 4.69) is 31.5 Å². The van der Waals surface area contributed by atoms with Crippen LogP contribution in [0.1, 0.15) is 10.4 Å². The van der Waals surface area contributed by atoms with Gasteiger partial charge >= 0.3 is 0 Å². The second-order valence-corrected chi connectivity index (χ2v) is 4.87. The third-order valence-electron chi connectivity index (χ3n) is 2.25. The first-order valence-corrected chi connectivity index (χ1v) is 6.65. The highest BCUT2D eigenvalue weighted by Gasteiger charge is 2.10. The van der Waals surface area contributed by atoms with Gasteiger partial charge in [0.25, 0.3) is 5.91 Å². The van der Waals surface area contributed by atoms with E-state index in [4.69, 9.17) is 12.2 Å². The molecule has 0 fully saturated rings. The molecule has 96 valence electrons. The van der Waals surface area contributed by atoms with Gasteiger partial charge in [0.05, 0.1) is 5.56 Å². The van der Waals surface area contributed by atoms with E-state index in [1.807, 2.05) is 12.1 Å². The fourth-order valence-electron chi connectivity index (χ4n) is 1.40. The summed E-state index contributed by atoms with van der Waals surface area (Å²) in [5.74, 6) is 0.306. The first-order chi connectivity index (χ1) is 9.16. The highest BCUT2D eigenvalue weighted by Crippen LogP contribution is 2.15. The first-order valence-electron chi connectivity index (χ1n) is 5.45. The Kier molecular flexibility index (Phi) is 4.59. The molecule has 0 aliphatic heterocycles. The Hall–Kier alpha value is -1.79. The maximum Gasteiger partial charge on any atom is 0.258 e. The third-order valence-corrected chi connectivity index (χ3v) is 3.15. The maximum atomic E-state index is 12.0. The molecule has 1 amide bonds. The lowest BCUT2D eigenvalue weighted by molar-refractivity contribution is 0.0977. The zero-order chi connectivity index (χ0) is 13.7. The molecule has 0 atom stereocenters. The van der Waals surface area contributed by atoms with Crippen LogP contribution in [0.5, 0.6) is 0 Å². The van der Waals surface area contributed by atoms with E-state index < -0.39 is 0 Å². The van der Waals surface area contributed by atoms with Crippen molar-refractivity contribution in [1.82, 2.24) is 10.3 Å². The van der Waals surface area contributed by atoms with Gasteiger partial charge in [0.15, 0.2) is 5.11 Å². The van der Waals surface area contributed by atoms with Crippen molar-refractivity contribution in [2.24, 2.45) is 0 Å². The van der Waals surface area contributed by atoms with Crippen molar-refractivity contribution in [1.29, 1.82) is 0 Å². The third kappa shape index (κ3) is 3.84. The quantitative estimate of drug-likeness (QED) is 0.828. The van der Waals surface area contributed by atoms with Crippen LogP contribution in [-0.4, -0.2) is 16.0 Å². The first kappa shape index (κ1) is 13.6. The Balaban J connectivity index is 2.00. The lowest BCUT2D eigenvalue weighted by atomic mass is 10.2. The van der Waals surface area contributed by atoms with Crippen LogP contribution in [0.25, 0.3) is 0 Å². The molecule has 0 aliphatic rings. The summed E-state index contributed by atoms with van der Waals surface area (Å²) in [6.07, 6.45) is 1.64. The zero-order valence-electron chi connectivity index (χ0n) is 9.76. The average Bonchev–Trinajstić information content (AvgIpc) is 2.40. The number of hydrogen-bond donors (Lipinski definition) is 2. The molecule has 0 aliphatic carbocycles. The lowest BCUT2D eigenvalue weighted by Gasteiger charge is -2.09. The molecule has 0 saturated heterocycles. The predicted molar refractivity (Wildman–Crippen MR) is 82.1 cm³/mol. The summed E-state index contributed by atoms with van der Waals surface area (Å²) in [7, 11) is 0. The monoisotopic (exact) mass is 335 g/mol. The molecular formula is C13H10BrN3OS. The normalized spacial score (nSPS) is 9.74. The number of carbonyl (C=O) groups is 1. The number of halogens is 1. The summed E-state index contributed by atoms with van der Waals surface area (Å²) in [5, 5.41) is 5.64. The van der Waals surface area contributed by atoms with E-state index in [-0.39, 0.29) is 11.0 Å². The Bertz CT molecular complexity index is 604. The van der Waals surface area contributed by atoms with Crippen LogP contribution >= 0.6 is 28.1 Å². The van der Waals surface area contributed by atoms with Crippen molar-refractivity contribution in [3.63, 3.8) is 0 Å². The summed E-state index contributed by atoms with van der Waals surface area (Å²) in [6, 6.07) is 12.5. The maximum absolute atomic E-state index is 12.0. The van der Waals surface area contributed by atoms with Crippen LogP contribution in [0.4, 0.5) is 5.82 Å². The van der Waals surface area contributed by atoms with Gasteiger partial charge in [-0.25, -0.2) is 4.98 Å². The number of amides is 1. The van der Waals surface area contributed by atoms with Gasteiger partial charge in [0.1, 0.15) is 5.82 Å². The number of nitrogens with one attached hydrogen (secondary N) is 2. The van der Waals surface area contributed by atoms with Crippen molar-refractivity contribution in [3.8, 4) is 0 Å². The minimum absolute atomic E-state index is 0.208. The van der Waals surface area contributed by atoms with E-state index in [1.165, 1.54) is 0 Å². The van der Waals surface area contributed by atoms with E-state index in [0.717, 1.165) is 0 Å². The summed E-state index contributed by atoms with van der Waals surface area (Å²) < 4.78 is 0.716. The summed E-state index contributed by atoms with van der Waals surface area (Å²) in [4.78, 5) is 16.0. The van der Waals surface area contributed by atoms with E-state index in [9.17, 15) is 4.79 Å². The smallest absolute Gasteiger partial charge is 0.258 e. The molecule has 0 spiro atoms. The van der Waals surface area contributed by atoms with Gasteiger partial charge in [-0.15, -0.1) is 0 Å². The molecule has 1 heterocycles. The molecule has 0 bridgehead atoms. The van der Waals surface area contributed by atoms with Crippen LogP contribution in [-0.2, 0) is 0 Å². The van der Waals surface area contributed by atoms with Crippen LogP contribution in [0.3, 0.4) is 0 Å². The molecule has 0 radical (unpaired) electrons. The summed E-state index contributed by atoms with van der Waals surface area (Å²) >= 11 is 8.37. The second kappa shape index (κ2) is 6.40. The van der Waals surface area contributed by atoms with E-state index in [0.29, 0.717) is 15.9 Å². The van der Waals surface area contributed by atoms with Crippen LogP contribution in [0.2, 0.25) is 0 Å². The molecule has 2 rings (SSSR count). The molecule has 0 unspecified atom stereocenters. The molecule has 1 aromatic heterocycles. The Morgan fingerprint density at radius 3 is 2.58 bits per heavy atom. The number of carbonyl (C=O) groups excluding carboxylic acids is 1. The van der Waals surface area contributed by atoms with Gasteiger partial charge in [-0.1, -0.05) is 18.2 Å². The van der Waals surface area contributed by atoms with Crippen molar-refractivity contribution in [3.05, 3.63) is 58.7 Å². The van der Waals surface area contributed by atoms with Crippen molar-refractivity contribution in [2.75, 3.05) is 5.32 Å². The van der Waals surface area contributed by atoms with Gasteiger partial charge in [0.2, 0.25) is 0 Å². The average molecular weight is 336 g/mol. The number of hydrogen-bond acceptors (Lipinski definition) is 3. The Labute approximate surface area is 124 Å². The van der Waals surface area contributed by atoms with E-state index in [1.54, 1.807) is 36.5 Å². The van der Waals surface area contributed by atoms with Crippen LogP contribution in [0.15, 0.2) is 53.1 Å². The highest BCUT2D eigenvalue weighted by atomic mass is 79.9. The van der Waals surface area contributed by atoms with Gasteiger partial charge in [0, 0.05) is 10.7 Å². The molecule has 0 saturated carbocycles. The zero-order valence-corrected chi connectivity index (χ0v) is 12.2. The molecule has 19 heavy (non-hydrogen) atoms. The molecule has 2 aromatic rings. The second-order valence-electron chi connectivity index (χ2n) is 3.60. The van der Waals surface area contributed by atoms with Gasteiger partial charge in [-0.3, -0.25) is 10.1 Å². The number of benzene rings is 1. The van der Waals surface area contributed by atoms with Crippen LogP contribution in [0, 0.1) is 0 Å². The SMILES string of the molecule is O=C(NC(=S)Nc1ccccn1)c1ccccc1Br. The Morgan fingerprint density at radius 2 is 1.89 bits per heavy atom. The molecular weight excluding hydrogens is 326 g/mol. The summed E-state index contributed by atoms with van der Waals surface area (Å²) in [6.45, 7) is 0. The van der Waals surface area contributed by atoms with Gasteiger partial charge in [-0.05, 0) is 52.4 Å².